The molecule has 0 aromatic heterocycles. The fourth-order valence-corrected chi connectivity index (χ4v) is 1.59. The summed E-state index contributed by atoms with van der Waals surface area (Å²) in [6.07, 6.45) is 14.7. The Kier molecular flexibility index (Phi) is 4.00. The summed E-state index contributed by atoms with van der Waals surface area (Å²) in [6.45, 7) is 2.02. The Balaban J connectivity index is 2.21. The monoisotopic (exact) mass is 190 g/mol. The first-order chi connectivity index (χ1) is 5.43. The van der Waals surface area contributed by atoms with Gasteiger partial charge in [-0.2, -0.15) is 0 Å². The van der Waals surface area contributed by atoms with Crippen LogP contribution in [0.15, 0.2) is 47.6 Å². The molecule has 1 heteroatoms. The fraction of sp³-hybridized carbons (Fsp3) is 0.200. The average Bonchev–Trinajstić information content (AvgIpc) is 2.50. The van der Waals surface area contributed by atoms with Gasteiger partial charge in [-0.15, -0.1) is 0 Å². The number of hydrogen-bond donors (Lipinski definition) is 0. The standard InChI is InChI=1S/C5H5.C5H7.Ni/c1-2-4-5-3-1;1-3-5-4-2;/h1-5H;1,3-5H,2H3;. The molecule has 0 unspecified atom stereocenters. The predicted molar refractivity (Wildman–Crippen MR) is 46.0 cm³/mol. The molecular formula is C10H12Ni. The van der Waals surface area contributed by atoms with E-state index in [0.29, 0.717) is 4.89 Å². The molecule has 0 aliphatic heterocycles. The summed E-state index contributed by atoms with van der Waals surface area (Å²) < 4.78 is 0. The van der Waals surface area contributed by atoms with E-state index in [0.717, 1.165) is 0 Å². The SMILES string of the molecule is CC=CC=[CH][Ni][CH]1C=CC=C1. The summed E-state index contributed by atoms with van der Waals surface area (Å²) >= 11 is 1.64. The molecule has 0 bridgehead atoms. The second kappa shape index (κ2) is 5.15. The Bertz CT molecular complexity index is 197. The molecule has 0 aromatic carbocycles. The van der Waals surface area contributed by atoms with Gasteiger partial charge < -0.3 is 0 Å². The third-order valence-corrected chi connectivity index (χ3v) is 2.36. The molecule has 0 spiro atoms. The van der Waals surface area contributed by atoms with E-state index >= 15 is 0 Å². The van der Waals surface area contributed by atoms with Gasteiger partial charge in [0.25, 0.3) is 0 Å². The van der Waals surface area contributed by atoms with Crippen molar-refractivity contribution < 1.29 is 14.4 Å². The van der Waals surface area contributed by atoms with E-state index in [2.05, 4.69) is 35.4 Å². The minimum atomic E-state index is 0.573. The first-order valence-electron chi connectivity index (χ1n) is 3.61. The summed E-state index contributed by atoms with van der Waals surface area (Å²) in [4.78, 5) is 0.573. The van der Waals surface area contributed by atoms with Crippen molar-refractivity contribution in [2.24, 2.45) is 0 Å². The van der Waals surface area contributed by atoms with Crippen molar-refractivity contribution in [1.29, 1.82) is 0 Å². The third kappa shape index (κ3) is 3.39. The summed E-state index contributed by atoms with van der Waals surface area (Å²) in [5.74, 6) is 0. The molecule has 1 rings (SSSR count). The number of allylic oxidation sites excluding steroid dienone is 7. The molecular weight excluding hydrogens is 179 g/mol. The van der Waals surface area contributed by atoms with Gasteiger partial charge in [0.15, 0.2) is 0 Å². The molecule has 1 aliphatic rings. The van der Waals surface area contributed by atoms with Gasteiger partial charge in [-0.1, -0.05) is 0 Å². The molecule has 0 heterocycles. The maximum atomic E-state index is 2.19. The number of hydrogen-bond acceptors (Lipinski definition) is 0. The molecule has 1 aliphatic carbocycles. The molecule has 0 fully saturated rings. The van der Waals surface area contributed by atoms with Crippen LogP contribution in [0.4, 0.5) is 0 Å². The van der Waals surface area contributed by atoms with E-state index in [-0.39, 0.29) is 0 Å². The molecule has 11 heavy (non-hydrogen) atoms. The minimum absolute atomic E-state index is 0.573. The molecule has 0 nitrogen and oxygen atoms in total. The Morgan fingerprint density at radius 2 is 1.91 bits per heavy atom. The number of rotatable bonds is 3. The molecule has 0 radical (unpaired) electrons. The van der Waals surface area contributed by atoms with E-state index in [9.17, 15) is 0 Å². The normalized spacial score (nSPS) is 18.3. The molecule has 0 saturated carbocycles. The molecule has 0 N–H and O–H groups in total. The first-order valence-corrected chi connectivity index (χ1v) is 4.75. The van der Waals surface area contributed by atoms with Crippen LogP contribution < -0.4 is 0 Å². The van der Waals surface area contributed by atoms with E-state index in [1.165, 1.54) is 0 Å². The van der Waals surface area contributed by atoms with E-state index in [1.807, 2.05) is 19.1 Å². The van der Waals surface area contributed by atoms with E-state index in [4.69, 9.17) is 0 Å². The van der Waals surface area contributed by atoms with E-state index < -0.39 is 0 Å². The van der Waals surface area contributed by atoms with Crippen LogP contribution in [0.3, 0.4) is 0 Å². The van der Waals surface area contributed by atoms with Gasteiger partial charge >= 0.3 is 73.8 Å². The van der Waals surface area contributed by atoms with Gasteiger partial charge in [0.1, 0.15) is 0 Å². The van der Waals surface area contributed by atoms with E-state index in [1.54, 1.807) is 14.4 Å². The Labute approximate surface area is 74.2 Å². The maximum absolute atomic E-state index is 2.19. The van der Waals surface area contributed by atoms with Crippen LogP contribution in [0.5, 0.6) is 0 Å². The second-order valence-electron chi connectivity index (χ2n) is 2.10. The van der Waals surface area contributed by atoms with Crippen molar-refractivity contribution in [3.63, 3.8) is 0 Å². The zero-order valence-corrected chi connectivity index (χ0v) is 7.50. The summed E-state index contributed by atoms with van der Waals surface area (Å²) in [6, 6.07) is 0. The van der Waals surface area contributed by atoms with Crippen molar-refractivity contribution in [1.82, 2.24) is 0 Å². The Morgan fingerprint density at radius 1 is 1.18 bits per heavy atom. The molecule has 0 amide bonds. The molecule has 0 saturated heterocycles. The van der Waals surface area contributed by atoms with Crippen LogP contribution in [0.1, 0.15) is 6.92 Å². The average molecular weight is 191 g/mol. The van der Waals surface area contributed by atoms with Crippen molar-refractivity contribution in [2.45, 2.75) is 11.8 Å². The van der Waals surface area contributed by atoms with Crippen LogP contribution in [-0.2, 0) is 14.4 Å². The fourth-order valence-electron chi connectivity index (χ4n) is 0.713. The Morgan fingerprint density at radius 3 is 2.55 bits per heavy atom. The van der Waals surface area contributed by atoms with Crippen molar-refractivity contribution in [3.05, 3.63) is 47.6 Å². The summed E-state index contributed by atoms with van der Waals surface area (Å²) in [5, 5.41) is 2.14. The van der Waals surface area contributed by atoms with Gasteiger partial charge in [-0.3, -0.25) is 0 Å². The van der Waals surface area contributed by atoms with Crippen molar-refractivity contribution in [2.75, 3.05) is 0 Å². The van der Waals surface area contributed by atoms with Gasteiger partial charge in [0.05, 0.1) is 0 Å². The van der Waals surface area contributed by atoms with Gasteiger partial charge in [-0.25, -0.2) is 0 Å². The molecule has 0 atom stereocenters. The zero-order chi connectivity index (χ0) is 7.94. The van der Waals surface area contributed by atoms with Crippen molar-refractivity contribution in [3.8, 4) is 0 Å². The van der Waals surface area contributed by atoms with Gasteiger partial charge in [-0.05, 0) is 0 Å². The van der Waals surface area contributed by atoms with Gasteiger partial charge in [0.2, 0.25) is 0 Å². The molecule has 62 valence electrons. The van der Waals surface area contributed by atoms with Crippen molar-refractivity contribution >= 4 is 0 Å². The molecule has 0 aromatic rings. The second-order valence-corrected chi connectivity index (χ2v) is 3.42. The summed E-state index contributed by atoms with van der Waals surface area (Å²) in [5.41, 5.74) is 0. The Hall–Kier alpha value is -0.546. The quantitative estimate of drug-likeness (QED) is 0.474. The third-order valence-electron chi connectivity index (χ3n) is 1.22. The zero-order valence-electron chi connectivity index (χ0n) is 6.51. The topological polar surface area (TPSA) is 0 Å². The van der Waals surface area contributed by atoms with Crippen LogP contribution in [0.25, 0.3) is 0 Å². The summed E-state index contributed by atoms with van der Waals surface area (Å²) in [7, 11) is 0. The predicted octanol–water partition coefficient (Wildman–Crippen LogP) is 3.07. The first kappa shape index (κ1) is 8.55. The van der Waals surface area contributed by atoms with Crippen LogP contribution in [-0.4, -0.2) is 0 Å². The van der Waals surface area contributed by atoms with Crippen LogP contribution in [0.2, 0.25) is 4.89 Å². The van der Waals surface area contributed by atoms with Gasteiger partial charge in [0, 0.05) is 0 Å². The van der Waals surface area contributed by atoms with Crippen LogP contribution in [0, 0.1) is 0 Å². The van der Waals surface area contributed by atoms with Crippen LogP contribution >= 0.6 is 0 Å².